The van der Waals surface area contributed by atoms with Gasteiger partial charge in [0.2, 0.25) is 0 Å². The van der Waals surface area contributed by atoms with Crippen LogP contribution in [0.2, 0.25) is 0 Å². The van der Waals surface area contributed by atoms with Crippen LogP contribution in [0.4, 0.5) is 0 Å². The van der Waals surface area contributed by atoms with E-state index in [0.29, 0.717) is 43.6 Å². The molecule has 7 atom stereocenters. The van der Waals surface area contributed by atoms with Crippen molar-refractivity contribution in [3.63, 3.8) is 0 Å². The number of ether oxygens (including phenoxy) is 3. The molecule has 2 saturated heterocycles. The fourth-order valence-corrected chi connectivity index (χ4v) is 5.98. The SMILES string of the molecule is C=C1C[C@H]2O[C@H]([C@H]3[C@@H]2C(=C)[C@@H](OC(C)=O)C[C@@H]3C(C)C)[C@](C)(OC(=O)CCC)CCC1=O. The van der Waals surface area contributed by atoms with Gasteiger partial charge in [-0.15, -0.1) is 0 Å². The van der Waals surface area contributed by atoms with Crippen LogP contribution in [0, 0.1) is 23.7 Å². The first kappa shape index (κ1) is 24.7. The molecule has 3 aliphatic rings. The van der Waals surface area contributed by atoms with E-state index >= 15 is 0 Å². The topological polar surface area (TPSA) is 78.9 Å². The Bertz CT molecular complexity index is 798. The first-order valence-electron chi connectivity index (χ1n) is 11.9. The Hall–Kier alpha value is -1.95. The van der Waals surface area contributed by atoms with E-state index < -0.39 is 5.60 Å². The van der Waals surface area contributed by atoms with Gasteiger partial charge in [-0.1, -0.05) is 33.9 Å². The van der Waals surface area contributed by atoms with E-state index in [9.17, 15) is 14.4 Å². The van der Waals surface area contributed by atoms with Crippen molar-refractivity contribution >= 4 is 17.7 Å². The molecule has 0 aromatic carbocycles. The summed E-state index contributed by atoms with van der Waals surface area (Å²) in [5.74, 6) is -0.161. The van der Waals surface area contributed by atoms with Crippen LogP contribution in [0.3, 0.4) is 0 Å². The highest BCUT2D eigenvalue weighted by Crippen LogP contribution is 2.56. The van der Waals surface area contributed by atoms with E-state index in [4.69, 9.17) is 14.2 Å². The van der Waals surface area contributed by atoms with Crippen molar-refractivity contribution in [2.24, 2.45) is 23.7 Å². The molecule has 1 aliphatic carbocycles. The smallest absolute Gasteiger partial charge is 0.306 e. The molecule has 6 heteroatoms. The van der Waals surface area contributed by atoms with Gasteiger partial charge in [-0.25, -0.2) is 0 Å². The van der Waals surface area contributed by atoms with Crippen molar-refractivity contribution in [3.05, 3.63) is 24.3 Å². The maximum Gasteiger partial charge on any atom is 0.306 e. The molecule has 0 amide bonds. The number of carbonyl (C=O) groups is 3. The summed E-state index contributed by atoms with van der Waals surface area (Å²) in [6.45, 7) is 18.0. The zero-order valence-corrected chi connectivity index (χ0v) is 20.1. The number of ketones is 1. The van der Waals surface area contributed by atoms with E-state index in [1.807, 2.05) is 13.8 Å². The molecule has 3 rings (SSSR count). The summed E-state index contributed by atoms with van der Waals surface area (Å²) in [7, 11) is 0. The van der Waals surface area contributed by atoms with Gasteiger partial charge in [-0.3, -0.25) is 14.4 Å². The highest BCUT2D eigenvalue weighted by molar-refractivity contribution is 5.94. The Morgan fingerprint density at radius 3 is 2.56 bits per heavy atom. The molecule has 178 valence electrons. The van der Waals surface area contributed by atoms with E-state index in [0.717, 1.165) is 5.57 Å². The number of hydrogen-bond donors (Lipinski definition) is 0. The molecule has 0 spiro atoms. The number of fused-ring (bicyclic) bond motifs is 5. The van der Waals surface area contributed by atoms with Gasteiger partial charge in [0.1, 0.15) is 17.8 Å². The van der Waals surface area contributed by atoms with Crippen molar-refractivity contribution in [2.45, 2.75) is 97.1 Å². The van der Waals surface area contributed by atoms with Crippen LogP contribution >= 0.6 is 0 Å². The monoisotopic (exact) mass is 446 g/mol. The Balaban J connectivity index is 2.06. The predicted molar refractivity (Wildman–Crippen MR) is 121 cm³/mol. The van der Waals surface area contributed by atoms with E-state index in [-0.39, 0.29) is 60.2 Å². The van der Waals surface area contributed by atoms with E-state index in [2.05, 4.69) is 27.0 Å². The first-order valence-corrected chi connectivity index (χ1v) is 11.9. The van der Waals surface area contributed by atoms with Crippen molar-refractivity contribution in [2.75, 3.05) is 0 Å². The minimum atomic E-state index is -0.925. The molecule has 2 aliphatic heterocycles. The molecule has 0 aromatic heterocycles. The second-order valence-electron chi connectivity index (χ2n) is 10.3. The Morgan fingerprint density at radius 2 is 1.97 bits per heavy atom. The van der Waals surface area contributed by atoms with Gasteiger partial charge in [0.05, 0.1) is 6.10 Å². The number of rotatable bonds is 5. The summed E-state index contributed by atoms with van der Waals surface area (Å²) < 4.78 is 18.4. The van der Waals surface area contributed by atoms with Gasteiger partial charge < -0.3 is 14.2 Å². The predicted octanol–water partition coefficient (Wildman–Crippen LogP) is 4.56. The summed E-state index contributed by atoms with van der Waals surface area (Å²) in [5.41, 5.74) is 0.436. The Labute approximate surface area is 191 Å². The van der Waals surface area contributed by atoms with Crippen LogP contribution in [0.1, 0.15) is 73.1 Å². The minimum Gasteiger partial charge on any atom is -0.458 e. The molecule has 2 heterocycles. The van der Waals surface area contributed by atoms with Crippen LogP contribution in [-0.4, -0.2) is 41.6 Å². The maximum atomic E-state index is 12.7. The largest absolute Gasteiger partial charge is 0.458 e. The third-order valence-electron chi connectivity index (χ3n) is 7.57. The van der Waals surface area contributed by atoms with Crippen molar-refractivity contribution < 1.29 is 28.6 Å². The molecule has 2 bridgehead atoms. The molecule has 1 saturated carbocycles. The molecule has 32 heavy (non-hydrogen) atoms. The summed E-state index contributed by atoms with van der Waals surface area (Å²) in [6, 6.07) is 0. The van der Waals surface area contributed by atoms with Crippen LogP contribution in [-0.2, 0) is 28.6 Å². The quantitative estimate of drug-likeness (QED) is 0.350. The summed E-state index contributed by atoms with van der Waals surface area (Å²) >= 11 is 0. The van der Waals surface area contributed by atoms with Crippen molar-refractivity contribution in [3.8, 4) is 0 Å². The molecule has 0 N–H and O–H groups in total. The summed E-state index contributed by atoms with van der Waals surface area (Å²) in [5, 5.41) is 0. The second-order valence-corrected chi connectivity index (χ2v) is 10.3. The van der Waals surface area contributed by atoms with Crippen LogP contribution in [0.5, 0.6) is 0 Å². The lowest BCUT2D eigenvalue weighted by molar-refractivity contribution is -0.182. The van der Waals surface area contributed by atoms with E-state index in [1.54, 1.807) is 0 Å². The molecule has 0 unspecified atom stereocenters. The normalized spacial score (nSPS) is 37.4. The molecule has 0 aromatic rings. The molecule has 6 nitrogen and oxygen atoms in total. The van der Waals surface area contributed by atoms with Gasteiger partial charge in [0, 0.05) is 38.0 Å². The molecular formula is C26H38O6. The third kappa shape index (κ3) is 4.70. The number of hydrogen-bond acceptors (Lipinski definition) is 6. The standard InChI is InChI=1S/C26H38O6/c1-8-9-22(29)32-26(7)11-10-19(28)15(4)12-21-23-16(5)20(30-17(6)27)13-18(14(2)3)24(23)25(26)31-21/h14,18,20-21,23-25H,4-5,8-13H2,1-3,6-7H3/t18-,20+,21-,23-,24-,25-,26-/m1/s1. The zero-order chi connectivity index (χ0) is 23.8. The summed E-state index contributed by atoms with van der Waals surface area (Å²) in [4.78, 5) is 37.1. The second kappa shape index (κ2) is 9.50. The fourth-order valence-electron chi connectivity index (χ4n) is 5.98. The lowest BCUT2D eigenvalue weighted by Gasteiger charge is -2.46. The fraction of sp³-hybridized carbons (Fsp3) is 0.731. The van der Waals surface area contributed by atoms with Crippen molar-refractivity contribution in [1.29, 1.82) is 0 Å². The Morgan fingerprint density at radius 1 is 1.28 bits per heavy atom. The minimum absolute atomic E-state index is 0.0196. The number of carbonyl (C=O) groups excluding carboxylic acids is 3. The van der Waals surface area contributed by atoms with E-state index in [1.165, 1.54) is 6.92 Å². The molecular weight excluding hydrogens is 408 g/mol. The average Bonchev–Trinajstić information content (AvgIpc) is 3.08. The Kier molecular flexibility index (Phi) is 7.33. The van der Waals surface area contributed by atoms with Crippen LogP contribution in [0.15, 0.2) is 24.3 Å². The van der Waals surface area contributed by atoms with Gasteiger partial charge in [0.15, 0.2) is 5.78 Å². The number of Topliss-reactive ketones (excluding diaryl/α,β-unsaturated/α-hetero) is 1. The highest BCUT2D eigenvalue weighted by Gasteiger charge is 2.60. The van der Waals surface area contributed by atoms with Gasteiger partial charge in [0.25, 0.3) is 0 Å². The maximum absolute atomic E-state index is 12.7. The zero-order valence-electron chi connectivity index (χ0n) is 20.1. The molecule has 0 radical (unpaired) electrons. The molecule has 3 fully saturated rings. The van der Waals surface area contributed by atoms with Crippen LogP contribution in [0.25, 0.3) is 0 Å². The third-order valence-corrected chi connectivity index (χ3v) is 7.57. The van der Waals surface area contributed by atoms with Crippen molar-refractivity contribution in [1.82, 2.24) is 0 Å². The first-order chi connectivity index (χ1) is 15.0. The average molecular weight is 447 g/mol. The lowest BCUT2D eigenvalue weighted by atomic mass is 9.60. The highest BCUT2D eigenvalue weighted by atomic mass is 16.6. The number of esters is 2. The van der Waals surface area contributed by atoms with Gasteiger partial charge in [-0.05, 0) is 49.2 Å². The summed E-state index contributed by atoms with van der Waals surface area (Å²) in [6.07, 6.45) is 1.72. The van der Waals surface area contributed by atoms with Crippen LogP contribution < -0.4 is 0 Å². The van der Waals surface area contributed by atoms with Gasteiger partial charge >= 0.3 is 11.9 Å². The van der Waals surface area contributed by atoms with Gasteiger partial charge in [-0.2, -0.15) is 0 Å². The lowest BCUT2D eigenvalue weighted by Crippen LogP contribution is -2.52.